The number of hydrogen-bond acceptors (Lipinski definition) is 4. The van der Waals surface area contributed by atoms with Gasteiger partial charge in [-0.3, -0.25) is 0 Å². The van der Waals surface area contributed by atoms with Crippen molar-refractivity contribution >= 4 is 22.4 Å². The van der Waals surface area contributed by atoms with Gasteiger partial charge in [0.15, 0.2) is 5.82 Å². The quantitative estimate of drug-likeness (QED) is 0.353. The highest BCUT2D eigenvalue weighted by Crippen LogP contribution is 2.37. The number of rotatable bonds is 8. The SMILES string of the molecule is C=C(/N=C(/C)C(CC)CCC)Nc1nc(-c2ccccc2C(F)(F)F)nc2cc(C)ccc12. The first-order valence-corrected chi connectivity index (χ1v) is 11.1. The molecule has 1 N–H and O–H groups in total. The largest absolute Gasteiger partial charge is 0.417 e. The molecule has 0 radical (unpaired) electrons. The van der Waals surface area contributed by atoms with E-state index in [2.05, 4.69) is 40.7 Å². The number of aryl methyl sites for hydroxylation is 1. The van der Waals surface area contributed by atoms with E-state index in [0.29, 0.717) is 28.5 Å². The molecule has 1 aromatic heterocycles. The van der Waals surface area contributed by atoms with Crippen LogP contribution in [0.1, 0.15) is 51.2 Å². The Hall–Kier alpha value is -3.22. The number of nitrogens with zero attached hydrogens (tertiary/aromatic N) is 3. The Balaban J connectivity index is 2.09. The smallest absolute Gasteiger partial charge is 0.325 e. The third-order valence-electron chi connectivity index (χ3n) is 5.62. The molecule has 174 valence electrons. The number of anilines is 1. The molecule has 0 fully saturated rings. The van der Waals surface area contributed by atoms with Crippen LogP contribution in [0.2, 0.25) is 0 Å². The molecule has 0 bridgehead atoms. The molecule has 3 rings (SSSR count). The van der Waals surface area contributed by atoms with Gasteiger partial charge >= 0.3 is 6.18 Å². The first kappa shape index (κ1) is 24.4. The van der Waals surface area contributed by atoms with Crippen LogP contribution in [-0.4, -0.2) is 15.7 Å². The Morgan fingerprint density at radius 2 is 1.85 bits per heavy atom. The molecule has 0 saturated heterocycles. The van der Waals surface area contributed by atoms with Gasteiger partial charge in [0, 0.05) is 16.7 Å². The summed E-state index contributed by atoms with van der Waals surface area (Å²) < 4.78 is 40.9. The summed E-state index contributed by atoms with van der Waals surface area (Å²) in [5, 5.41) is 3.79. The number of alkyl halides is 3. The lowest BCUT2D eigenvalue weighted by atomic mass is 9.96. The molecular weight excluding hydrogens is 425 g/mol. The lowest BCUT2D eigenvalue weighted by Gasteiger charge is -2.16. The van der Waals surface area contributed by atoms with Crippen molar-refractivity contribution in [2.75, 3.05) is 5.32 Å². The average molecular weight is 455 g/mol. The van der Waals surface area contributed by atoms with Crippen molar-refractivity contribution in [1.82, 2.24) is 9.97 Å². The van der Waals surface area contributed by atoms with Gasteiger partial charge in [-0.1, -0.05) is 51.1 Å². The maximum atomic E-state index is 13.6. The number of aromatic nitrogens is 2. The molecule has 0 saturated carbocycles. The van der Waals surface area contributed by atoms with Crippen molar-refractivity contribution in [3.8, 4) is 11.4 Å². The van der Waals surface area contributed by atoms with Crippen LogP contribution in [0.15, 0.2) is 59.9 Å². The van der Waals surface area contributed by atoms with Crippen molar-refractivity contribution in [3.63, 3.8) is 0 Å². The molecule has 0 spiro atoms. The zero-order chi connectivity index (χ0) is 24.2. The van der Waals surface area contributed by atoms with Crippen LogP contribution in [0, 0.1) is 12.8 Å². The molecule has 0 amide bonds. The van der Waals surface area contributed by atoms with Crippen LogP contribution in [0.25, 0.3) is 22.3 Å². The highest BCUT2D eigenvalue weighted by Gasteiger charge is 2.34. The number of fused-ring (bicyclic) bond motifs is 1. The summed E-state index contributed by atoms with van der Waals surface area (Å²) in [4.78, 5) is 13.5. The fraction of sp³-hybridized carbons (Fsp3) is 0.346. The van der Waals surface area contributed by atoms with E-state index in [1.807, 2.05) is 32.0 Å². The molecule has 1 unspecified atom stereocenters. The summed E-state index contributed by atoms with van der Waals surface area (Å²) in [5.74, 6) is 1.11. The molecular formula is C26H29F3N4. The van der Waals surface area contributed by atoms with Crippen molar-refractivity contribution in [2.24, 2.45) is 10.9 Å². The zero-order valence-electron chi connectivity index (χ0n) is 19.4. The molecule has 0 aliphatic heterocycles. The van der Waals surface area contributed by atoms with Gasteiger partial charge in [0.25, 0.3) is 0 Å². The summed E-state index contributed by atoms with van der Waals surface area (Å²) in [6, 6.07) is 10.9. The molecule has 1 heterocycles. The van der Waals surface area contributed by atoms with Gasteiger partial charge in [-0.15, -0.1) is 0 Å². The Bertz CT molecular complexity index is 1180. The van der Waals surface area contributed by atoms with E-state index < -0.39 is 11.7 Å². The van der Waals surface area contributed by atoms with Gasteiger partial charge < -0.3 is 5.32 Å². The predicted molar refractivity (Wildman–Crippen MR) is 129 cm³/mol. The van der Waals surface area contributed by atoms with Crippen LogP contribution in [0.4, 0.5) is 19.0 Å². The third kappa shape index (κ3) is 5.78. The third-order valence-corrected chi connectivity index (χ3v) is 5.62. The fourth-order valence-electron chi connectivity index (χ4n) is 3.91. The summed E-state index contributed by atoms with van der Waals surface area (Å²) in [6.07, 6.45) is -1.45. The summed E-state index contributed by atoms with van der Waals surface area (Å²) in [7, 11) is 0. The summed E-state index contributed by atoms with van der Waals surface area (Å²) in [6.45, 7) is 12.2. The molecule has 3 aromatic rings. The molecule has 0 aliphatic carbocycles. The van der Waals surface area contributed by atoms with Crippen LogP contribution >= 0.6 is 0 Å². The van der Waals surface area contributed by atoms with Crippen molar-refractivity contribution < 1.29 is 13.2 Å². The van der Waals surface area contributed by atoms with Gasteiger partial charge in [-0.25, -0.2) is 15.0 Å². The van der Waals surface area contributed by atoms with Crippen LogP contribution < -0.4 is 5.32 Å². The maximum Gasteiger partial charge on any atom is 0.417 e. The van der Waals surface area contributed by atoms with E-state index in [0.717, 1.165) is 36.6 Å². The Labute approximate surface area is 192 Å². The molecule has 0 aliphatic rings. The van der Waals surface area contributed by atoms with Crippen molar-refractivity contribution in [2.45, 2.75) is 53.1 Å². The fourth-order valence-corrected chi connectivity index (χ4v) is 3.91. The summed E-state index contributed by atoms with van der Waals surface area (Å²) in [5.41, 5.74) is 1.61. The highest BCUT2D eigenvalue weighted by atomic mass is 19.4. The lowest BCUT2D eigenvalue weighted by molar-refractivity contribution is -0.137. The molecule has 1 atom stereocenters. The van der Waals surface area contributed by atoms with Crippen LogP contribution in [0.5, 0.6) is 0 Å². The second-order valence-electron chi connectivity index (χ2n) is 8.18. The molecule has 7 heteroatoms. The van der Waals surface area contributed by atoms with Gasteiger partial charge in [0.1, 0.15) is 11.6 Å². The van der Waals surface area contributed by atoms with Crippen molar-refractivity contribution in [3.05, 3.63) is 66.0 Å². The minimum Gasteiger partial charge on any atom is -0.325 e. The Morgan fingerprint density at radius 1 is 1.12 bits per heavy atom. The molecule has 2 aromatic carbocycles. The van der Waals surface area contributed by atoms with E-state index in [1.165, 1.54) is 12.1 Å². The van der Waals surface area contributed by atoms with E-state index in [9.17, 15) is 13.2 Å². The van der Waals surface area contributed by atoms with E-state index in [4.69, 9.17) is 0 Å². The monoisotopic (exact) mass is 454 g/mol. The number of benzene rings is 2. The first-order chi connectivity index (χ1) is 15.6. The van der Waals surface area contributed by atoms with Gasteiger partial charge in [0.05, 0.1) is 11.1 Å². The number of aliphatic imine (C=N–C) groups is 1. The highest BCUT2D eigenvalue weighted by molar-refractivity contribution is 5.92. The second kappa shape index (κ2) is 10.1. The maximum absolute atomic E-state index is 13.6. The number of hydrogen-bond donors (Lipinski definition) is 1. The predicted octanol–water partition coefficient (Wildman–Crippen LogP) is 7.79. The minimum absolute atomic E-state index is 0.00514. The number of nitrogens with one attached hydrogen (secondary N) is 1. The topological polar surface area (TPSA) is 50.2 Å². The minimum atomic E-state index is -4.52. The standard InChI is InChI=1S/C26H29F3N4/c1-6-10-19(7-2)17(4)30-18(5)31-25-21-14-13-16(3)15-23(21)32-24(33-25)20-11-8-9-12-22(20)26(27,28)29/h8-9,11-15,19H,5-7,10H2,1-4H3,(H,31,32,33)/b30-17-. The Morgan fingerprint density at radius 3 is 2.52 bits per heavy atom. The number of halogens is 3. The van der Waals surface area contributed by atoms with Gasteiger partial charge in [-0.05, 0) is 56.4 Å². The van der Waals surface area contributed by atoms with E-state index in [1.54, 1.807) is 6.07 Å². The second-order valence-corrected chi connectivity index (χ2v) is 8.18. The average Bonchev–Trinajstić information content (AvgIpc) is 2.76. The van der Waals surface area contributed by atoms with Gasteiger partial charge in [-0.2, -0.15) is 13.2 Å². The lowest BCUT2D eigenvalue weighted by Crippen LogP contribution is -2.12. The molecule has 4 nitrogen and oxygen atoms in total. The first-order valence-electron chi connectivity index (χ1n) is 11.1. The molecule has 33 heavy (non-hydrogen) atoms. The zero-order valence-corrected chi connectivity index (χ0v) is 19.4. The Kier molecular flexibility index (Phi) is 7.51. The van der Waals surface area contributed by atoms with Crippen LogP contribution in [0.3, 0.4) is 0 Å². The van der Waals surface area contributed by atoms with Crippen molar-refractivity contribution in [1.29, 1.82) is 0 Å². The normalized spacial score (nSPS) is 13.2. The summed E-state index contributed by atoms with van der Waals surface area (Å²) >= 11 is 0. The van der Waals surface area contributed by atoms with Crippen LogP contribution in [-0.2, 0) is 6.18 Å². The van der Waals surface area contributed by atoms with Gasteiger partial charge in [0.2, 0.25) is 0 Å². The van der Waals surface area contributed by atoms with E-state index in [-0.39, 0.29) is 11.4 Å². The van der Waals surface area contributed by atoms with E-state index >= 15 is 0 Å².